The predicted molar refractivity (Wildman–Crippen MR) is 129 cm³/mol. The van der Waals surface area contributed by atoms with Gasteiger partial charge in [-0.1, -0.05) is 12.1 Å². The number of nitrogens with one attached hydrogen (secondary N) is 1. The zero-order valence-electron chi connectivity index (χ0n) is 20.2. The van der Waals surface area contributed by atoms with Gasteiger partial charge < -0.3 is 15.1 Å². The maximum atomic E-state index is 13.4. The predicted octanol–water partition coefficient (Wildman–Crippen LogP) is 5.36. The number of nitrogens with zero attached hydrogens (tertiary/aromatic N) is 5. The molecule has 0 bridgehead atoms. The fourth-order valence-electron chi connectivity index (χ4n) is 4.76. The molecule has 34 heavy (non-hydrogen) atoms. The van der Waals surface area contributed by atoms with Crippen LogP contribution in [0.5, 0.6) is 0 Å². The second-order valence-corrected chi connectivity index (χ2v) is 9.29. The molecule has 1 aliphatic heterocycles. The standard InChI is InChI=1S/C25H31F3N6/c1-15-19(7-6-8-22(15)25(26,27)28)16(2)30-24-20-13-23(29-14-21(20)17(3)31-32-24)34-11-9-18(10-12-34)33(4)5/h6-8,13-14,16,18H,9-12H2,1-5H3,(H,30,32)/t16-/m1/s1. The monoisotopic (exact) mass is 472 g/mol. The normalized spacial score (nSPS) is 16.3. The highest BCUT2D eigenvalue weighted by Gasteiger charge is 2.33. The van der Waals surface area contributed by atoms with Crippen molar-refractivity contribution in [2.75, 3.05) is 37.4 Å². The lowest BCUT2D eigenvalue weighted by atomic mass is 9.97. The largest absolute Gasteiger partial charge is 0.416 e. The molecule has 2 aromatic heterocycles. The molecule has 4 rings (SSSR count). The number of benzene rings is 1. The van der Waals surface area contributed by atoms with Crippen LogP contribution in [0, 0.1) is 13.8 Å². The Balaban J connectivity index is 1.65. The van der Waals surface area contributed by atoms with Gasteiger partial charge in [-0.2, -0.15) is 18.3 Å². The summed E-state index contributed by atoms with van der Waals surface area (Å²) < 4.78 is 40.2. The minimum atomic E-state index is -4.39. The number of piperidine rings is 1. The van der Waals surface area contributed by atoms with Crippen LogP contribution in [0.1, 0.15) is 48.2 Å². The van der Waals surface area contributed by atoms with E-state index in [-0.39, 0.29) is 5.56 Å². The van der Waals surface area contributed by atoms with E-state index in [2.05, 4.69) is 44.4 Å². The fraction of sp³-hybridized carbons (Fsp3) is 0.480. The molecule has 0 spiro atoms. The van der Waals surface area contributed by atoms with E-state index in [9.17, 15) is 13.2 Å². The van der Waals surface area contributed by atoms with Crippen molar-refractivity contribution in [3.63, 3.8) is 0 Å². The van der Waals surface area contributed by atoms with Crippen LogP contribution in [0.2, 0.25) is 0 Å². The Labute approximate surface area is 198 Å². The number of halogens is 3. The first kappa shape index (κ1) is 24.2. The van der Waals surface area contributed by atoms with E-state index in [0.29, 0.717) is 17.4 Å². The Kier molecular flexibility index (Phi) is 6.66. The van der Waals surface area contributed by atoms with Crippen molar-refractivity contribution >= 4 is 22.4 Å². The summed E-state index contributed by atoms with van der Waals surface area (Å²) in [5, 5.41) is 13.7. The molecule has 3 aromatic rings. The van der Waals surface area contributed by atoms with Gasteiger partial charge in [-0.15, -0.1) is 5.10 Å². The summed E-state index contributed by atoms with van der Waals surface area (Å²) in [6, 6.07) is 6.47. The van der Waals surface area contributed by atoms with Gasteiger partial charge in [-0.3, -0.25) is 0 Å². The van der Waals surface area contributed by atoms with Gasteiger partial charge in [0.05, 0.1) is 17.3 Å². The third kappa shape index (κ3) is 4.80. The summed E-state index contributed by atoms with van der Waals surface area (Å²) in [4.78, 5) is 9.23. The number of aryl methyl sites for hydroxylation is 1. The zero-order chi connectivity index (χ0) is 24.6. The lowest BCUT2D eigenvalue weighted by molar-refractivity contribution is -0.138. The van der Waals surface area contributed by atoms with Gasteiger partial charge in [-0.05, 0) is 71.0 Å². The van der Waals surface area contributed by atoms with Gasteiger partial charge in [0.25, 0.3) is 0 Å². The number of hydrogen-bond acceptors (Lipinski definition) is 6. The molecule has 0 aliphatic carbocycles. The molecule has 3 heterocycles. The summed E-state index contributed by atoms with van der Waals surface area (Å²) in [7, 11) is 4.22. The second-order valence-electron chi connectivity index (χ2n) is 9.29. The van der Waals surface area contributed by atoms with Gasteiger partial charge in [0, 0.05) is 36.1 Å². The van der Waals surface area contributed by atoms with Crippen LogP contribution in [0.25, 0.3) is 10.8 Å². The number of rotatable bonds is 5. The van der Waals surface area contributed by atoms with Crippen molar-refractivity contribution in [3.05, 3.63) is 52.8 Å². The molecule has 1 aromatic carbocycles. The second kappa shape index (κ2) is 9.37. The minimum Gasteiger partial charge on any atom is -0.362 e. The minimum absolute atomic E-state index is 0.213. The average molecular weight is 473 g/mol. The smallest absolute Gasteiger partial charge is 0.362 e. The molecule has 1 atom stereocenters. The molecule has 0 saturated carbocycles. The first-order valence-corrected chi connectivity index (χ1v) is 11.5. The van der Waals surface area contributed by atoms with Gasteiger partial charge in [0.2, 0.25) is 0 Å². The SMILES string of the molecule is Cc1c([C@@H](C)Nc2nnc(C)c3cnc(N4CCC(N(C)C)CC4)cc23)cccc1C(F)(F)F. The van der Waals surface area contributed by atoms with Crippen molar-refractivity contribution in [3.8, 4) is 0 Å². The van der Waals surface area contributed by atoms with Crippen LogP contribution < -0.4 is 10.2 Å². The van der Waals surface area contributed by atoms with Crippen molar-refractivity contribution < 1.29 is 13.2 Å². The number of pyridine rings is 1. The van der Waals surface area contributed by atoms with Crippen molar-refractivity contribution in [2.45, 2.75) is 51.9 Å². The first-order valence-electron chi connectivity index (χ1n) is 11.5. The van der Waals surface area contributed by atoms with E-state index >= 15 is 0 Å². The number of hydrogen-bond donors (Lipinski definition) is 1. The summed E-state index contributed by atoms with van der Waals surface area (Å²) in [5.74, 6) is 1.42. The van der Waals surface area contributed by atoms with Crippen molar-refractivity contribution in [2.24, 2.45) is 0 Å². The molecule has 9 heteroatoms. The Morgan fingerprint density at radius 2 is 1.79 bits per heavy atom. The Hall–Kier alpha value is -2.94. The number of fused-ring (bicyclic) bond motifs is 1. The lowest BCUT2D eigenvalue weighted by Crippen LogP contribution is -2.42. The molecular weight excluding hydrogens is 441 g/mol. The third-order valence-electron chi connectivity index (χ3n) is 6.85. The molecule has 1 saturated heterocycles. The lowest BCUT2D eigenvalue weighted by Gasteiger charge is -2.36. The summed E-state index contributed by atoms with van der Waals surface area (Å²) >= 11 is 0. The highest BCUT2D eigenvalue weighted by molar-refractivity contribution is 5.94. The van der Waals surface area contributed by atoms with E-state index in [1.807, 2.05) is 26.1 Å². The highest BCUT2D eigenvalue weighted by Crippen LogP contribution is 2.36. The molecule has 0 amide bonds. The Morgan fingerprint density at radius 1 is 1.09 bits per heavy atom. The molecule has 1 fully saturated rings. The van der Waals surface area contributed by atoms with Crippen LogP contribution in [0.15, 0.2) is 30.5 Å². The van der Waals surface area contributed by atoms with E-state index in [1.54, 1.807) is 6.07 Å². The van der Waals surface area contributed by atoms with E-state index in [1.165, 1.54) is 13.0 Å². The topological polar surface area (TPSA) is 57.2 Å². The summed E-state index contributed by atoms with van der Waals surface area (Å²) in [6.07, 6.45) is -0.441. The summed E-state index contributed by atoms with van der Waals surface area (Å²) in [5.41, 5.74) is 0.927. The van der Waals surface area contributed by atoms with Crippen molar-refractivity contribution in [1.82, 2.24) is 20.1 Å². The van der Waals surface area contributed by atoms with Crippen molar-refractivity contribution in [1.29, 1.82) is 0 Å². The number of aromatic nitrogens is 3. The molecule has 1 aliphatic rings. The van der Waals surface area contributed by atoms with Gasteiger partial charge in [0.15, 0.2) is 5.82 Å². The summed E-state index contributed by atoms with van der Waals surface area (Å²) in [6.45, 7) is 7.06. The molecule has 182 valence electrons. The third-order valence-corrected chi connectivity index (χ3v) is 6.85. The van der Waals surface area contributed by atoms with Crippen LogP contribution in [0.3, 0.4) is 0 Å². The van der Waals surface area contributed by atoms with E-state index < -0.39 is 17.8 Å². The van der Waals surface area contributed by atoms with E-state index in [0.717, 1.165) is 54.3 Å². The molecule has 6 nitrogen and oxygen atoms in total. The van der Waals surface area contributed by atoms with Gasteiger partial charge in [-0.25, -0.2) is 4.98 Å². The Bertz CT molecular complexity index is 1170. The maximum absolute atomic E-state index is 13.4. The van der Waals surface area contributed by atoms with Gasteiger partial charge >= 0.3 is 6.18 Å². The van der Waals surface area contributed by atoms with Crippen LogP contribution in [-0.4, -0.2) is 53.3 Å². The highest BCUT2D eigenvalue weighted by atomic mass is 19.4. The van der Waals surface area contributed by atoms with Crippen LogP contribution in [-0.2, 0) is 6.18 Å². The maximum Gasteiger partial charge on any atom is 0.416 e. The average Bonchev–Trinajstić information content (AvgIpc) is 2.80. The van der Waals surface area contributed by atoms with Crippen LogP contribution >= 0.6 is 0 Å². The molecular formula is C25H31F3N6. The molecule has 0 unspecified atom stereocenters. The molecule has 1 N–H and O–H groups in total. The first-order chi connectivity index (χ1) is 16.1. The van der Waals surface area contributed by atoms with E-state index in [4.69, 9.17) is 0 Å². The zero-order valence-corrected chi connectivity index (χ0v) is 20.2. The quantitative estimate of drug-likeness (QED) is 0.539. The van der Waals surface area contributed by atoms with Gasteiger partial charge in [0.1, 0.15) is 5.82 Å². The number of alkyl halides is 3. The van der Waals surface area contributed by atoms with Crippen LogP contribution in [0.4, 0.5) is 24.8 Å². The number of anilines is 2. The fourth-order valence-corrected chi connectivity index (χ4v) is 4.76. The molecule has 0 radical (unpaired) electrons. The Morgan fingerprint density at radius 3 is 2.44 bits per heavy atom.